The summed E-state index contributed by atoms with van der Waals surface area (Å²) in [6.07, 6.45) is 11.8. The van der Waals surface area contributed by atoms with E-state index in [1.54, 1.807) is 0 Å². The van der Waals surface area contributed by atoms with Gasteiger partial charge in [0.25, 0.3) is 0 Å². The summed E-state index contributed by atoms with van der Waals surface area (Å²) in [5.41, 5.74) is 3.55. The molecule has 0 saturated heterocycles. The molecule has 0 aliphatic heterocycles. The van der Waals surface area contributed by atoms with Gasteiger partial charge in [0.05, 0.1) is 0 Å². The van der Waals surface area contributed by atoms with Crippen LogP contribution in [-0.4, -0.2) is 6.54 Å². The lowest BCUT2D eigenvalue weighted by molar-refractivity contribution is 0.287. The van der Waals surface area contributed by atoms with Crippen molar-refractivity contribution < 1.29 is 0 Å². The molecule has 0 amide bonds. The fourth-order valence-corrected chi connectivity index (χ4v) is 4.76. The van der Waals surface area contributed by atoms with Gasteiger partial charge in [-0.3, -0.25) is 0 Å². The molecule has 0 aromatic heterocycles. The topological polar surface area (TPSA) is 12.0 Å². The molecular formula is C30H46BrN. The SMILES string of the molecule is CCC(C)(C)CCCC(CCCCC(C)(C)Cc1ccccc1)CNc1ccc(Br)cc1. The monoisotopic (exact) mass is 499 g/mol. The first-order valence-corrected chi connectivity index (χ1v) is 13.5. The van der Waals surface area contributed by atoms with Crippen molar-refractivity contribution in [2.75, 3.05) is 11.9 Å². The second-order valence-electron chi connectivity index (χ2n) is 11.2. The highest BCUT2D eigenvalue weighted by atomic mass is 79.9. The molecule has 0 fully saturated rings. The van der Waals surface area contributed by atoms with Crippen LogP contribution >= 0.6 is 15.9 Å². The van der Waals surface area contributed by atoms with E-state index in [1.807, 2.05) is 0 Å². The molecule has 2 aromatic carbocycles. The van der Waals surface area contributed by atoms with Gasteiger partial charge >= 0.3 is 0 Å². The first-order valence-electron chi connectivity index (χ1n) is 12.7. The van der Waals surface area contributed by atoms with Crippen molar-refractivity contribution in [2.45, 2.75) is 92.4 Å². The number of halogens is 1. The van der Waals surface area contributed by atoms with Crippen LogP contribution < -0.4 is 5.32 Å². The Morgan fingerprint density at radius 2 is 1.41 bits per heavy atom. The van der Waals surface area contributed by atoms with Crippen molar-refractivity contribution in [3.63, 3.8) is 0 Å². The maximum atomic E-state index is 3.70. The molecule has 0 aliphatic rings. The number of benzene rings is 2. The smallest absolute Gasteiger partial charge is 0.0341 e. The molecule has 0 heterocycles. The van der Waals surface area contributed by atoms with Gasteiger partial charge < -0.3 is 5.32 Å². The second-order valence-corrected chi connectivity index (χ2v) is 12.2. The fraction of sp³-hybridized carbons (Fsp3) is 0.600. The van der Waals surface area contributed by atoms with Crippen LogP contribution in [0.15, 0.2) is 59.1 Å². The van der Waals surface area contributed by atoms with E-state index in [9.17, 15) is 0 Å². The van der Waals surface area contributed by atoms with Crippen molar-refractivity contribution in [3.8, 4) is 0 Å². The number of hydrogen-bond donors (Lipinski definition) is 1. The molecule has 0 radical (unpaired) electrons. The van der Waals surface area contributed by atoms with E-state index in [4.69, 9.17) is 0 Å². The Kier molecular flexibility index (Phi) is 11.3. The van der Waals surface area contributed by atoms with Gasteiger partial charge in [-0.2, -0.15) is 0 Å². The van der Waals surface area contributed by atoms with Crippen LogP contribution in [0.25, 0.3) is 0 Å². The molecule has 1 nitrogen and oxygen atoms in total. The molecule has 1 unspecified atom stereocenters. The lowest BCUT2D eigenvalue weighted by atomic mass is 9.80. The van der Waals surface area contributed by atoms with Crippen LogP contribution in [-0.2, 0) is 6.42 Å². The summed E-state index contributed by atoms with van der Waals surface area (Å²) in [4.78, 5) is 0. The molecule has 1 N–H and O–H groups in total. The van der Waals surface area contributed by atoms with Crippen molar-refractivity contribution in [2.24, 2.45) is 16.7 Å². The zero-order valence-electron chi connectivity index (χ0n) is 21.2. The van der Waals surface area contributed by atoms with E-state index >= 15 is 0 Å². The Morgan fingerprint density at radius 1 is 0.781 bits per heavy atom. The molecule has 1 atom stereocenters. The molecule has 178 valence electrons. The van der Waals surface area contributed by atoms with Crippen LogP contribution in [0.4, 0.5) is 5.69 Å². The summed E-state index contributed by atoms with van der Waals surface area (Å²) in [6.45, 7) is 13.1. The van der Waals surface area contributed by atoms with Crippen LogP contribution in [0.5, 0.6) is 0 Å². The summed E-state index contributed by atoms with van der Waals surface area (Å²) in [5, 5.41) is 3.70. The first-order chi connectivity index (χ1) is 15.2. The van der Waals surface area contributed by atoms with Gasteiger partial charge in [-0.15, -0.1) is 0 Å². The molecule has 2 rings (SSSR count). The minimum atomic E-state index is 0.373. The van der Waals surface area contributed by atoms with E-state index in [1.165, 1.54) is 69.0 Å². The largest absolute Gasteiger partial charge is 0.385 e. The Labute approximate surface area is 206 Å². The molecule has 0 saturated carbocycles. The summed E-state index contributed by atoms with van der Waals surface area (Å²) < 4.78 is 1.14. The highest BCUT2D eigenvalue weighted by Gasteiger charge is 2.19. The average molecular weight is 501 g/mol. The maximum Gasteiger partial charge on any atom is 0.0341 e. The first kappa shape index (κ1) is 27.0. The number of rotatable bonds is 15. The molecule has 2 heteroatoms. The summed E-state index contributed by atoms with van der Waals surface area (Å²) in [5.74, 6) is 0.753. The average Bonchev–Trinajstić information content (AvgIpc) is 2.76. The van der Waals surface area contributed by atoms with E-state index < -0.39 is 0 Å². The fourth-order valence-electron chi connectivity index (χ4n) is 4.50. The molecule has 0 bridgehead atoms. The summed E-state index contributed by atoms with van der Waals surface area (Å²) in [7, 11) is 0. The Morgan fingerprint density at radius 3 is 2.06 bits per heavy atom. The summed E-state index contributed by atoms with van der Waals surface area (Å²) in [6, 6.07) is 19.6. The lowest BCUT2D eigenvalue weighted by Gasteiger charge is -2.26. The van der Waals surface area contributed by atoms with E-state index in [-0.39, 0.29) is 0 Å². The van der Waals surface area contributed by atoms with Crippen molar-refractivity contribution in [1.82, 2.24) is 0 Å². The van der Waals surface area contributed by atoms with Crippen molar-refractivity contribution >= 4 is 21.6 Å². The number of anilines is 1. The van der Waals surface area contributed by atoms with Gasteiger partial charge in [0.1, 0.15) is 0 Å². The van der Waals surface area contributed by atoms with Gasteiger partial charge in [0.15, 0.2) is 0 Å². The highest BCUT2D eigenvalue weighted by molar-refractivity contribution is 9.10. The molecule has 0 aliphatic carbocycles. The predicted molar refractivity (Wildman–Crippen MR) is 146 cm³/mol. The quantitative estimate of drug-likeness (QED) is 0.240. The number of nitrogens with one attached hydrogen (secondary N) is 1. The zero-order chi connectivity index (χ0) is 23.5. The third kappa shape index (κ3) is 11.0. The second kappa shape index (κ2) is 13.4. The molecule has 2 aromatic rings. The minimum Gasteiger partial charge on any atom is -0.385 e. The van der Waals surface area contributed by atoms with Gasteiger partial charge in [-0.05, 0) is 78.7 Å². The zero-order valence-corrected chi connectivity index (χ0v) is 22.8. The van der Waals surface area contributed by atoms with Gasteiger partial charge in [-0.1, -0.05) is 107 Å². The van der Waals surface area contributed by atoms with Crippen LogP contribution in [0, 0.1) is 16.7 Å². The normalized spacial score (nSPS) is 13.2. The molecule has 32 heavy (non-hydrogen) atoms. The van der Waals surface area contributed by atoms with Crippen molar-refractivity contribution in [3.05, 3.63) is 64.6 Å². The van der Waals surface area contributed by atoms with Gasteiger partial charge in [0, 0.05) is 16.7 Å². The predicted octanol–water partition coefficient (Wildman–Crippen LogP) is 9.91. The third-order valence-electron chi connectivity index (χ3n) is 7.10. The number of unbranched alkanes of at least 4 members (excludes halogenated alkanes) is 1. The van der Waals surface area contributed by atoms with Crippen LogP contribution in [0.1, 0.15) is 91.5 Å². The summed E-state index contributed by atoms with van der Waals surface area (Å²) >= 11 is 3.54. The molecular weight excluding hydrogens is 454 g/mol. The maximum absolute atomic E-state index is 3.70. The van der Waals surface area contributed by atoms with E-state index in [2.05, 4.69) is 110 Å². The van der Waals surface area contributed by atoms with Crippen LogP contribution in [0.2, 0.25) is 0 Å². The Bertz CT molecular complexity index is 748. The molecule has 0 spiro atoms. The van der Waals surface area contributed by atoms with E-state index in [0.29, 0.717) is 10.8 Å². The minimum absolute atomic E-state index is 0.373. The highest BCUT2D eigenvalue weighted by Crippen LogP contribution is 2.31. The van der Waals surface area contributed by atoms with Crippen LogP contribution in [0.3, 0.4) is 0 Å². The van der Waals surface area contributed by atoms with E-state index in [0.717, 1.165) is 16.9 Å². The van der Waals surface area contributed by atoms with Gasteiger partial charge in [0.2, 0.25) is 0 Å². The standard InChI is InChI=1S/C30H46BrN/c1-6-29(2,3)22-12-16-26(24-32-28-19-17-27(31)18-20-28)15-10-11-21-30(4,5)23-25-13-8-7-9-14-25/h7-9,13-14,17-20,26,32H,6,10-12,15-16,21-24H2,1-5H3. The number of hydrogen-bond acceptors (Lipinski definition) is 1. The third-order valence-corrected chi connectivity index (χ3v) is 7.63. The lowest BCUT2D eigenvalue weighted by Crippen LogP contribution is -2.17. The Balaban J connectivity index is 1.80. The van der Waals surface area contributed by atoms with Crippen molar-refractivity contribution in [1.29, 1.82) is 0 Å². The van der Waals surface area contributed by atoms with Gasteiger partial charge in [-0.25, -0.2) is 0 Å². The Hall–Kier alpha value is -1.28.